The zero-order chi connectivity index (χ0) is 15.2. The monoisotopic (exact) mass is 308 g/mol. The first kappa shape index (κ1) is 16.4. The summed E-state index contributed by atoms with van der Waals surface area (Å²) in [5.41, 5.74) is 2.25. The second kappa shape index (κ2) is 6.69. The second-order valence-corrected chi connectivity index (χ2v) is 5.86. The number of hydroxylamine groups is 1. The molecule has 1 N–H and O–H groups in total. The number of benzene rings is 1. The van der Waals surface area contributed by atoms with Gasteiger partial charge in [-0.3, -0.25) is 4.84 Å². The quantitative estimate of drug-likeness (QED) is 0.635. The third-order valence-electron chi connectivity index (χ3n) is 2.15. The summed E-state index contributed by atoms with van der Waals surface area (Å²) in [4.78, 5) is 4.08. The molecule has 0 aromatic heterocycles. The van der Waals surface area contributed by atoms with Gasteiger partial charge in [0.15, 0.2) is 16.4 Å². The summed E-state index contributed by atoms with van der Waals surface area (Å²) in [6.45, 7) is -1.78. The summed E-state index contributed by atoms with van der Waals surface area (Å²) in [5.74, 6) is -0.420. The van der Waals surface area contributed by atoms with Gasteiger partial charge in [-0.05, 0) is 24.3 Å². The van der Waals surface area contributed by atoms with Crippen LogP contribution in [0.3, 0.4) is 0 Å². The van der Waals surface area contributed by atoms with Crippen LogP contribution in [0.4, 0.5) is 13.2 Å². The van der Waals surface area contributed by atoms with Crippen LogP contribution in [0, 0.1) is 11.3 Å². The van der Waals surface area contributed by atoms with Gasteiger partial charge >= 0.3 is 6.18 Å². The molecule has 5 nitrogen and oxygen atoms in total. The Hall–Kier alpha value is -1.63. The summed E-state index contributed by atoms with van der Waals surface area (Å²) in [6.07, 6.45) is -4.47. The lowest BCUT2D eigenvalue weighted by Gasteiger charge is -2.08. The zero-order valence-electron chi connectivity index (χ0n) is 10.1. The first-order chi connectivity index (χ1) is 9.24. The van der Waals surface area contributed by atoms with E-state index in [1.54, 1.807) is 0 Å². The van der Waals surface area contributed by atoms with Crippen molar-refractivity contribution in [2.24, 2.45) is 0 Å². The smallest absolute Gasteiger partial charge is 0.292 e. The Morgan fingerprint density at radius 1 is 1.25 bits per heavy atom. The van der Waals surface area contributed by atoms with Crippen LogP contribution in [0.5, 0.6) is 0 Å². The van der Waals surface area contributed by atoms with Crippen LogP contribution in [0.15, 0.2) is 29.2 Å². The van der Waals surface area contributed by atoms with Gasteiger partial charge in [-0.2, -0.15) is 18.4 Å². The van der Waals surface area contributed by atoms with E-state index in [0.29, 0.717) is 5.56 Å². The van der Waals surface area contributed by atoms with Gasteiger partial charge in [-0.15, -0.1) is 0 Å². The molecule has 0 unspecified atom stereocenters. The summed E-state index contributed by atoms with van der Waals surface area (Å²) < 4.78 is 58.8. The molecule has 0 aliphatic heterocycles. The van der Waals surface area contributed by atoms with Crippen LogP contribution in [0.1, 0.15) is 5.56 Å². The number of hydrogen-bond acceptors (Lipinski definition) is 5. The van der Waals surface area contributed by atoms with Crippen LogP contribution in [-0.2, 0) is 14.7 Å². The van der Waals surface area contributed by atoms with Gasteiger partial charge in [0.2, 0.25) is 0 Å². The van der Waals surface area contributed by atoms with Crippen LogP contribution in [0.25, 0.3) is 0 Å². The van der Waals surface area contributed by atoms with Gasteiger partial charge < -0.3 is 0 Å². The van der Waals surface area contributed by atoms with Gasteiger partial charge in [-0.1, -0.05) is 0 Å². The van der Waals surface area contributed by atoms with Crippen LogP contribution < -0.4 is 5.48 Å². The third kappa shape index (κ3) is 5.56. The highest BCUT2D eigenvalue weighted by atomic mass is 32.2. The Kier molecular flexibility index (Phi) is 5.50. The van der Waals surface area contributed by atoms with Gasteiger partial charge in [0.25, 0.3) is 0 Å². The number of nitrogens with zero attached hydrogens (tertiary/aromatic N) is 1. The minimum absolute atomic E-state index is 0.00544. The molecule has 20 heavy (non-hydrogen) atoms. The molecule has 0 radical (unpaired) electrons. The maximum atomic E-state index is 11.8. The number of halogens is 3. The fourth-order valence-electron chi connectivity index (χ4n) is 1.24. The second-order valence-electron chi connectivity index (χ2n) is 3.75. The predicted octanol–water partition coefficient (Wildman–Crippen LogP) is 1.42. The summed E-state index contributed by atoms with van der Waals surface area (Å²) >= 11 is 0. The summed E-state index contributed by atoms with van der Waals surface area (Å²) in [7, 11) is -3.63. The molecule has 0 aliphatic rings. The van der Waals surface area contributed by atoms with Crippen molar-refractivity contribution in [2.75, 3.05) is 18.9 Å². The largest absolute Gasteiger partial charge is 0.413 e. The molecular weight excluding hydrogens is 297 g/mol. The maximum absolute atomic E-state index is 11.8. The van der Waals surface area contributed by atoms with Gasteiger partial charge in [-0.25, -0.2) is 13.9 Å². The molecule has 9 heteroatoms. The van der Waals surface area contributed by atoms with Crippen molar-refractivity contribution in [1.29, 1.82) is 5.26 Å². The fraction of sp³-hybridized carbons (Fsp3) is 0.364. The lowest BCUT2D eigenvalue weighted by atomic mass is 10.2. The molecule has 0 fully saturated rings. The van der Waals surface area contributed by atoms with Gasteiger partial charge in [0.05, 0.1) is 22.3 Å². The first-order valence-electron chi connectivity index (χ1n) is 5.39. The third-order valence-corrected chi connectivity index (χ3v) is 3.89. The van der Waals surface area contributed by atoms with Crippen molar-refractivity contribution >= 4 is 9.84 Å². The highest BCUT2D eigenvalue weighted by Crippen LogP contribution is 2.14. The Bertz CT molecular complexity index is 576. The van der Waals surface area contributed by atoms with E-state index in [1.807, 2.05) is 11.5 Å². The molecule has 0 saturated carbocycles. The Morgan fingerprint density at radius 2 is 1.85 bits per heavy atom. The average Bonchev–Trinajstić information content (AvgIpc) is 2.37. The van der Waals surface area contributed by atoms with E-state index in [1.165, 1.54) is 24.3 Å². The molecule has 1 rings (SSSR count). The SMILES string of the molecule is N#Cc1ccc(S(=O)(=O)CCNOCC(F)(F)F)cc1. The van der Waals surface area contributed by atoms with Crippen LogP contribution in [-0.4, -0.2) is 33.5 Å². The van der Waals surface area contributed by atoms with Gasteiger partial charge in [0, 0.05) is 6.54 Å². The van der Waals surface area contributed by atoms with E-state index in [4.69, 9.17) is 5.26 Å². The van der Waals surface area contributed by atoms with E-state index in [2.05, 4.69) is 4.84 Å². The minimum Gasteiger partial charge on any atom is -0.292 e. The zero-order valence-corrected chi connectivity index (χ0v) is 11.0. The number of alkyl halides is 3. The highest BCUT2D eigenvalue weighted by molar-refractivity contribution is 7.91. The van der Waals surface area contributed by atoms with Crippen molar-refractivity contribution in [1.82, 2.24) is 5.48 Å². The number of nitriles is 1. The Labute approximate surface area is 113 Å². The minimum atomic E-state index is -4.47. The van der Waals surface area contributed by atoms with Crippen LogP contribution in [0.2, 0.25) is 0 Å². The number of nitrogens with one attached hydrogen (secondary N) is 1. The normalized spacial score (nSPS) is 12.1. The molecule has 110 valence electrons. The predicted molar refractivity (Wildman–Crippen MR) is 63.2 cm³/mol. The number of sulfone groups is 1. The van der Waals surface area contributed by atoms with Crippen molar-refractivity contribution in [3.8, 4) is 6.07 Å². The lowest BCUT2D eigenvalue weighted by Crippen LogP contribution is -2.28. The van der Waals surface area contributed by atoms with Gasteiger partial charge in [0.1, 0.15) is 0 Å². The van der Waals surface area contributed by atoms with E-state index < -0.39 is 28.4 Å². The number of rotatable bonds is 6. The molecule has 0 amide bonds. The van der Waals surface area contributed by atoms with Crippen molar-refractivity contribution in [3.05, 3.63) is 29.8 Å². The first-order valence-corrected chi connectivity index (χ1v) is 7.04. The van der Waals surface area contributed by atoms with E-state index in [0.717, 1.165) is 0 Å². The van der Waals surface area contributed by atoms with Crippen molar-refractivity contribution in [3.63, 3.8) is 0 Å². The van der Waals surface area contributed by atoms with Crippen molar-refractivity contribution in [2.45, 2.75) is 11.1 Å². The van der Waals surface area contributed by atoms with E-state index >= 15 is 0 Å². The summed E-state index contributed by atoms with van der Waals surface area (Å²) in [6, 6.07) is 7.08. The highest BCUT2D eigenvalue weighted by Gasteiger charge is 2.27. The molecular formula is C11H11F3N2O3S. The fourth-order valence-corrected chi connectivity index (χ4v) is 2.37. The van der Waals surface area contributed by atoms with Crippen LogP contribution >= 0.6 is 0 Å². The number of hydrogen-bond donors (Lipinski definition) is 1. The summed E-state index contributed by atoms with van der Waals surface area (Å²) in [5, 5.41) is 8.58. The molecule has 0 saturated heterocycles. The maximum Gasteiger partial charge on any atom is 0.413 e. The molecule has 0 bridgehead atoms. The Morgan fingerprint density at radius 3 is 2.35 bits per heavy atom. The molecule has 0 atom stereocenters. The molecule has 1 aromatic carbocycles. The van der Waals surface area contributed by atoms with E-state index in [9.17, 15) is 21.6 Å². The standard InChI is InChI=1S/C11H11F3N2O3S/c12-11(13,14)8-19-16-5-6-20(17,18)10-3-1-9(7-15)2-4-10/h1-4,16H,5-6,8H2. The molecule has 0 aliphatic carbocycles. The van der Waals surface area contributed by atoms with E-state index in [-0.39, 0.29) is 11.4 Å². The lowest BCUT2D eigenvalue weighted by molar-refractivity contribution is -0.188. The molecule has 0 heterocycles. The topological polar surface area (TPSA) is 79.2 Å². The van der Waals surface area contributed by atoms with Crippen molar-refractivity contribution < 1.29 is 26.4 Å². The Balaban J connectivity index is 2.47. The molecule has 1 aromatic rings. The average molecular weight is 308 g/mol. The molecule has 0 spiro atoms.